The van der Waals surface area contributed by atoms with E-state index in [0.717, 1.165) is 6.07 Å². The number of hydrogen-bond acceptors (Lipinski definition) is 4. The average molecular weight is 322 g/mol. The first kappa shape index (κ1) is 14.7. The fourth-order valence-electron chi connectivity index (χ4n) is 1.56. The van der Waals surface area contributed by atoms with Crippen molar-refractivity contribution in [1.29, 1.82) is 0 Å². The van der Waals surface area contributed by atoms with Crippen molar-refractivity contribution >= 4 is 21.9 Å². The molecule has 1 rings (SSSR count). The average Bonchev–Trinajstić information content (AvgIpc) is 2.26. The molecular formula is C11H13BrFNO4. The largest absolute Gasteiger partial charge is 0.504 e. The molecule has 0 radical (unpaired) electrons. The summed E-state index contributed by atoms with van der Waals surface area (Å²) in [5, 5.41) is 18.0. The summed E-state index contributed by atoms with van der Waals surface area (Å²) in [5.74, 6) is -2.00. The van der Waals surface area contributed by atoms with Crippen molar-refractivity contribution in [2.75, 3.05) is 7.11 Å². The number of phenolic OH excluding ortho intramolecular Hbond substituents is 1. The number of hydrogen-bond donors (Lipinski definition) is 3. The van der Waals surface area contributed by atoms with E-state index in [1.165, 1.54) is 7.11 Å². The Morgan fingerprint density at radius 3 is 2.78 bits per heavy atom. The fraction of sp³-hybridized carbons (Fsp3) is 0.364. The van der Waals surface area contributed by atoms with Gasteiger partial charge in [-0.2, -0.15) is 0 Å². The van der Waals surface area contributed by atoms with Crippen LogP contribution in [0.1, 0.15) is 24.4 Å². The lowest BCUT2D eigenvalue weighted by molar-refractivity contribution is -0.137. The first-order valence-corrected chi connectivity index (χ1v) is 5.90. The van der Waals surface area contributed by atoms with Crippen LogP contribution in [0.4, 0.5) is 4.39 Å². The highest BCUT2D eigenvalue weighted by molar-refractivity contribution is 9.10. The number of aliphatic carboxylic acids is 1. The van der Waals surface area contributed by atoms with Crippen LogP contribution in [-0.4, -0.2) is 23.3 Å². The van der Waals surface area contributed by atoms with Gasteiger partial charge in [-0.1, -0.05) is 0 Å². The maximum atomic E-state index is 13.7. The number of aromatic hydroxyl groups is 1. The van der Waals surface area contributed by atoms with Gasteiger partial charge in [-0.3, -0.25) is 4.79 Å². The summed E-state index contributed by atoms with van der Waals surface area (Å²) in [4.78, 5) is 10.5. The van der Waals surface area contributed by atoms with Crippen LogP contribution < -0.4 is 10.5 Å². The maximum Gasteiger partial charge on any atom is 0.303 e. The molecule has 0 spiro atoms. The van der Waals surface area contributed by atoms with E-state index >= 15 is 0 Å². The highest BCUT2D eigenvalue weighted by Crippen LogP contribution is 2.41. The number of carbonyl (C=O) groups is 1. The van der Waals surface area contributed by atoms with E-state index in [4.69, 9.17) is 15.6 Å². The van der Waals surface area contributed by atoms with Crippen LogP contribution in [0.25, 0.3) is 0 Å². The van der Waals surface area contributed by atoms with Crippen molar-refractivity contribution in [2.24, 2.45) is 5.73 Å². The van der Waals surface area contributed by atoms with E-state index in [9.17, 15) is 14.3 Å². The smallest absolute Gasteiger partial charge is 0.303 e. The summed E-state index contributed by atoms with van der Waals surface area (Å²) in [6.45, 7) is 0. The molecule has 0 aromatic heterocycles. The van der Waals surface area contributed by atoms with Crippen LogP contribution in [0.3, 0.4) is 0 Å². The van der Waals surface area contributed by atoms with Crippen molar-refractivity contribution in [3.8, 4) is 11.5 Å². The van der Waals surface area contributed by atoms with Crippen molar-refractivity contribution in [3.05, 3.63) is 21.9 Å². The molecule has 0 aliphatic carbocycles. The van der Waals surface area contributed by atoms with Gasteiger partial charge in [0, 0.05) is 24.1 Å². The first-order valence-electron chi connectivity index (χ1n) is 5.10. The molecule has 100 valence electrons. The second-order valence-corrected chi connectivity index (χ2v) is 4.47. The molecule has 0 heterocycles. The zero-order valence-electron chi connectivity index (χ0n) is 9.61. The van der Waals surface area contributed by atoms with E-state index in [2.05, 4.69) is 15.9 Å². The second-order valence-electron chi connectivity index (χ2n) is 3.68. The Hall–Kier alpha value is -1.34. The number of phenols is 1. The Morgan fingerprint density at radius 1 is 1.67 bits per heavy atom. The third-order valence-corrected chi connectivity index (χ3v) is 3.22. The quantitative estimate of drug-likeness (QED) is 0.772. The van der Waals surface area contributed by atoms with E-state index in [-0.39, 0.29) is 34.4 Å². The minimum Gasteiger partial charge on any atom is -0.504 e. The maximum absolute atomic E-state index is 13.7. The third kappa shape index (κ3) is 3.11. The molecule has 0 amide bonds. The topological polar surface area (TPSA) is 92.8 Å². The summed E-state index contributed by atoms with van der Waals surface area (Å²) in [7, 11) is 1.32. The summed E-state index contributed by atoms with van der Waals surface area (Å²) in [6, 6.07) is 0.0875. The van der Waals surface area contributed by atoms with E-state index in [0.29, 0.717) is 0 Å². The van der Waals surface area contributed by atoms with Crippen LogP contribution in [-0.2, 0) is 4.79 Å². The van der Waals surface area contributed by atoms with Gasteiger partial charge in [0.05, 0.1) is 11.6 Å². The van der Waals surface area contributed by atoms with E-state index < -0.39 is 17.8 Å². The lowest BCUT2D eigenvalue weighted by Crippen LogP contribution is -2.15. The molecule has 4 N–H and O–H groups in total. The SMILES string of the molecule is COc1c(O)cc(F)c(C(N)CCC(=O)O)c1Br. The number of carboxylic acid groups (broad SMARTS) is 1. The Kier molecular flexibility index (Phi) is 4.92. The number of ether oxygens (including phenoxy) is 1. The van der Waals surface area contributed by atoms with Gasteiger partial charge < -0.3 is 20.7 Å². The Morgan fingerprint density at radius 2 is 2.28 bits per heavy atom. The molecule has 1 aromatic carbocycles. The fourth-order valence-corrected chi connectivity index (χ4v) is 2.41. The molecule has 18 heavy (non-hydrogen) atoms. The Labute approximate surface area is 111 Å². The molecule has 0 aliphatic rings. The number of benzene rings is 1. The monoisotopic (exact) mass is 321 g/mol. The molecule has 1 atom stereocenters. The van der Waals surface area contributed by atoms with Crippen molar-refractivity contribution in [1.82, 2.24) is 0 Å². The molecule has 0 saturated heterocycles. The zero-order chi connectivity index (χ0) is 13.9. The molecule has 0 fully saturated rings. The predicted octanol–water partition coefficient (Wildman–Crippen LogP) is 2.17. The summed E-state index contributed by atoms with van der Waals surface area (Å²) < 4.78 is 18.8. The van der Waals surface area contributed by atoms with Crippen molar-refractivity contribution in [2.45, 2.75) is 18.9 Å². The molecule has 0 saturated carbocycles. The van der Waals surface area contributed by atoms with Crippen molar-refractivity contribution in [3.63, 3.8) is 0 Å². The summed E-state index contributed by atoms with van der Waals surface area (Å²) in [6.07, 6.45) is -0.0883. The van der Waals surface area contributed by atoms with Gasteiger partial charge >= 0.3 is 5.97 Å². The summed E-state index contributed by atoms with van der Waals surface area (Å²) in [5.41, 5.74) is 5.84. The minimum atomic E-state index is -1.01. The Balaban J connectivity index is 3.11. The normalized spacial score (nSPS) is 12.2. The Bertz CT molecular complexity index is 467. The van der Waals surface area contributed by atoms with Gasteiger partial charge in [0.15, 0.2) is 11.5 Å². The van der Waals surface area contributed by atoms with Gasteiger partial charge in [0.25, 0.3) is 0 Å². The van der Waals surface area contributed by atoms with Gasteiger partial charge in [0.2, 0.25) is 0 Å². The lowest BCUT2D eigenvalue weighted by Gasteiger charge is -2.17. The second kappa shape index (κ2) is 6.01. The number of halogens is 2. The number of methoxy groups -OCH3 is 1. The number of rotatable bonds is 5. The molecule has 0 aliphatic heterocycles. The van der Waals surface area contributed by atoms with E-state index in [1.54, 1.807) is 0 Å². The van der Waals surface area contributed by atoms with Gasteiger partial charge in [-0.05, 0) is 22.4 Å². The van der Waals surface area contributed by atoms with Crippen LogP contribution in [0.2, 0.25) is 0 Å². The van der Waals surface area contributed by atoms with Crippen molar-refractivity contribution < 1.29 is 24.1 Å². The lowest BCUT2D eigenvalue weighted by atomic mass is 10.0. The standard InChI is InChI=1S/C11H13BrFNO4/c1-18-11-7(15)4-5(13)9(10(11)12)6(14)2-3-8(16)17/h4,6,15H,2-3,14H2,1H3,(H,16,17). The summed E-state index contributed by atoms with van der Waals surface area (Å²) >= 11 is 3.10. The molecule has 0 bridgehead atoms. The van der Waals surface area contributed by atoms with Crippen LogP contribution in [0.5, 0.6) is 11.5 Å². The zero-order valence-corrected chi connectivity index (χ0v) is 11.2. The third-order valence-electron chi connectivity index (χ3n) is 2.43. The minimum absolute atomic E-state index is 0.0668. The highest BCUT2D eigenvalue weighted by Gasteiger charge is 2.22. The van der Waals surface area contributed by atoms with Gasteiger partial charge in [0.1, 0.15) is 5.82 Å². The highest BCUT2D eigenvalue weighted by atomic mass is 79.9. The number of carboxylic acids is 1. The molecule has 5 nitrogen and oxygen atoms in total. The molecule has 1 unspecified atom stereocenters. The number of nitrogens with two attached hydrogens (primary N) is 1. The molecule has 1 aromatic rings. The molecular weight excluding hydrogens is 309 g/mol. The van der Waals surface area contributed by atoms with E-state index in [1.807, 2.05) is 0 Å². The van der Waals surface area contributed by atoms with Crippen LogP contribution >= 0.6 is 15.9 Å². The van der Waals surface area contributed by atoms with Crippen LogP contribution in [0.15, 0.2) is 10.5 Å². The van der Waals surface area contributed by atoms with Gasteiger partial charge in [-0.25, -0.2) is 4.39 Å². The molecule has 7 heteroatoms. The first-order chi connectivity index (χ1) is 8.38. The van der Waals surface area contributed by atoms with Crippen LogP contribution in [0, 0.1) is 5.82 Å². The van der Waals surface area contributed by atoms with Gasteiger partial charge in [-0.15, -0.1) is 0 Å². The predicted molar refractivity (Wildman–Crippen MR) is 66.1 cm³/mol.